The van der Waals surface area contributed by atoms with Crippen LogP contribution < -0.4 is 0 Å². The van der Waals surface area contributed by atoms with Gasteiger partial charge in [0.05, 0.1) is 34.4 Å². The standard InChI is InChI=1S/C51H98NO7P/c1-6-8-10-12-14-16-18-20-22-23-24-25-26-27-28-29-31-33-35-37-39-41-43-46-56-48-50(49-58-60(54,55)57-47-45-52(3,4)5)59-51(53)44-42-40-38-36-34-32-30-21-19-17-15-13-11-9-7-2/h9,11,15,17,21,30,50H,6-8,10,12-14,16,18-20,22-29,31-49H2,1-5H3/p+1/b11-9-,17-15-,30-21-. The summed E-state index contributed by atoms with van der Waals surface area (Å²) in [5.41, 5.74) is 0. The van der Waals surface area contributed by atoms with Gasteiger partial charge in [-0.25, -0.2) is 4.57 Å². The van der Waals surface area contributed by atoms with Gasteiger partial charge in [-0.2, -0.15) is 0 Å². The minimum Gasteiger partial charge on any atom is -0.457 e. The molecular weight excluding hydrogens is 770 g/mol. The van der Waals surface area contributed by atoms with Crippen molar-refractivity contribution in [2.24, 2.45) is 0 Å². The predicted molar refractivity (Wildman–Crippen MR) is 256 cm³/mol. The fourth-order valence-corrected chi connectivity index (χ4v) is 7.84. The second-order valence-electron chi connectivity index (χ2n) is 18.2. The molecule has 0 amide bonds. The number of phosphoric acid groups is 1. The van der Waals surface area contributed by atoms with Gasteiger partial charge in [-0.1, -0.05) is 211 Å². The monoisotopic (exact) mass is 869 g/mol. The maximum Gasteiger partial charge on any atom is 0.472 e. The molecule has 60 heavy (non-hydrogen) atoms. The Morgan fingerprint density at radius 2 is 0.967 bits per heavy atom. The molecule has 354 valence electrons. The zero-order valence-electron chi connectivity index (χ0n) is 40.2. The van der Waals surface area contributed by atoms with E-state index in [0.717, 1.165) is 70.6 Å². The SMILES string of the molecule is CC/C=C\C/C=C\C/C=C\CCCCCCCC(=O)OC(COCCCCCCCCCCCCCCCCCCCCCCCCC)COP(=O)(O)OCC[N+](C)(C)C. The molecule has 0 saturated carbocycles. The normalized spacial score (nSPS) is 13.9. The highest BCUT2D eigenvalue weighted by molar-refractivity contribution is 7.47. The number of hydrogen-bond donors (Lipinski definition) is 1. The maximum atomic E-state index is 12.7. The lowest BCUT2D eigenvalue weighted by Gasteiger charge is -2.24. The number of likely N-dealkylation sites (N-methyl/N-ethyl adjacent to an activating group) is 1. The number of esters is 1. The minimum atomic E-state index is -4.28. The first-order chi connectivity index (χ1) is 29.1. The lowest BCUT2D eigenvalue weighted by molar-refractivity contribution is -0.870. The summed E-state index contributed by atoms with van der Waals surface area (Å²) in [5.74, 6) is -0.327. The zero-order chi connectivity index (χ0) is 44.1. The van der Waals surface area contributed by atoms with Gasteiger partial charge in [-0.3, -0.25) is 13.8 Å². The van der Waals surface area contributed by atoms with Crippen LogP contribution in [0.25, 0.3) is 0 Å². The molecule has 0 fully saturated rings. The summed E-state index contributed by atoms with van der Waals surface area (Å²) in [5, 5.41) is 0. The van der Waals surface area contributed by atoms with Gasteiger partial charge < -0.3 is 18.9 Å². The highest BCUT2D eigenvalue weighted by Gasteiger charge is 2.26. The van der Waals surface area contributed by atoms with Crippen molar-refractivity contribution in [3.8, 4) is 0 Å². The van der Waals surface area contributed by atoms with Crippen LogP contribution in [0.5, 0.6) is 0 Å². The quantitative estimate of drug-likeness (QED) is 0.0214. The highest BCUT2D eigenvalue weighted by atomic mass is 31.2. The number of unbranched alkanes of at least 4 members (excludes halogenated alkanes) is 27. The first kappa shape index (κ1) is 58.7. The van der Waals surface area contributed by atoms with Gasteiger partial charge in [-0.05, 0) is 44.9 Å². The van der Waals surface area contributed by atoms with Crippen LogP contribution in [0.4, 0.5) is 0 Å². The van der Waals surface area contributed by atoms with E-state index in [1.807, 2.05) is 21.1 Å². The molecule has 0 saturated heterocycles. The van der Waals surface area contributed by atoms with Crippen molar-refractivity contribution in [1.82, 2.24) is 0 Å². The molecule has 0 aliphatic carbocycles. The van der Waals surface area contributed by atoms with Crippen LogP contribution in [-0.4, -0.2) is 75.6 Å². The third kappa shape index (κ3) is 47.8. The van der Waals surface area contributed by atoms with Gasteiger partial charge in [0.1, 0.15) is 19.3 Å². The van der Waals surface area contributed by atoms with Crippen LogP contribution in [0, 0.1) is 0 Å². The van der Waals surface area contributed by atoms with E-state index in [-0.39, 0.29) is 25.8 Å². The van der Waals surface area contributed by atoms with Crippen molar-refractivity contribution in [1.29, 1.82) is 0 Å². The van der Waals surface area contributed by atoms with E-state index in [4.69, 9.17) is 18.5 Å². The second-order valence-corrected chi connectivity index (χ2v) is 19.6. The molecule has 0 spiro atoms. The van der Waals surface area contributed by atoms with Crippen LogP contribution >= 0.6 is 7.82 Å². The largest absolute Gasteiger partial charge is 0.472 e. The smallest absolute Gasteiger partial charge is 0.457 e. The predicted octanol–water partition coefficient (Wildman–Crippen LogP) is 15.3. The highest BCUT2D eigenvalue weighted by Crippen LogP contribution is 2.43. The first-order valence-corrected chi connectivity index (χ1v) is 26.7. The first-order valence-electron chi connectivity index (χ1n) is 25.2. The van der Waals surface area contributed by atoms with Gasteiger partial charge in [0.2, 0.25) is 0 Å². The third-order valence-electron chi connectivity index (χ3n) is 11.0. The Morgan fingerprint density at radius 1 is 0.533 bits per heavy atom. The van der Waals surface area contributed by atoms with Crippen LogP contribution in [0.3, 0.4) is 0 Å². The van der Waals surface area contributed by atoms with Crippen molar-refractivity contribution in [3.63, 3.8) is 0 Å². The molecule has 2 atom stereocenters. The molecule has 9 heteroatoms. The Kier molecular flexibility index (Phi) is 43.4. The average Bonchev–Trinajstić information content (AvgIpc) is 3.20. The molecule has 0 heterocycles. The summed E-state index contributed by atoms with van der Waals surface area (Å²) in [7, 11) is 1.66. The number of carbonyl (C=O) groups excluding carboxylic acids is 1. The van der Waals surface area contributed by atoms with E-state index in [2.05, 4.69) is 50.3 Å². The Morgan fingerprint density at radius 3 is 1.45 bits per heavy atom. The second kappa shape index (κ2) is 44.3. The summed E-state index contributed by atoms with van der Waals surface area (Å²) >= 11 is 0. The molecule has 0 aliphatic rings. The number of ether oxygens (including phenoxy) is 2. The van der Waals surface area contributed by atoms with Crippen molar-refractivity contribution in [2.45, 2.75) is 232 Å². The topological polar surface area (TPSA) is 91.3 Å². The van der Waals surface area contributed by atoms with E-state index < -0.39 is 13.9 Å². The molecule has 0 aliphatic heterocycles. The van der Waals surface area contributed by atoms with Crippen molar-refractivity contribution >= 4 is 13.8 Å². The Bertz CT molecular complexity index is 1060. The van der Waals surface area contributed by atoms with E-state index in [1.54, 1.807) is 0 Å². The molecule has 0 rings (SSSR count). The molecule has 0 aromatic heterocycles. The molecule has 0 radical (unpaired) electrons. The van der Waals surface area contributed by atoms with Crippen LogP contribution in [0.2, 0.25) is 0 Å². The van der Waals surface area contributed by atoms with Gasteiger partial charge in [0.15, 0.2) is 0 Å². The molecular formula is C51H99NO7P+. The lowest BCUT2D eigenvalue weighted by atomic mass is 10.0. The number of carbonyl (C=O) groups is 1. The molecule has 1 N–H and O–H groups in total. The number of hydrogen-bond acceptors (Lipinski definition) is 6. The fraction of sp³-hybridized carbons (Fsp3) is 0.863. The summed E-state index contributed by atoms with van der Waals surface area (Å²) in [6.07, 6.45) is 53.4. The summed E-state index contributed by atoms with van der Waals surface area (Å²) in [4.78, 5) is 22.9. The molecule has 2 unspecified atom stereocenters. The average molecular weight is 869 g/mol. The fourth-order valence-electron chi connectivity index (χ4n) is 7.10. The van der Waals surface area contributed by atoms with E-state index >= 15 is 0 Å². The molecule has 0 aromatic carbocycles. The van der Waals surface area contributed by atoms with Gasteiger partial charge >= 0.3 is 13.8 Å². The van der Waals surface area contributed by atoms with Crippen LogP contribution in [0.1, 0.15) is 226 Å². The number of allylic oxidation sites excluding steroid dienone is 6. The summed E-state index contributed by atoms with van der Waals surface area (Å²) in [6.45, 7) is 5.53. The Balaban J connectivity index is 4.09. The maximum absolute atomic E-state index is 12.7. The molecule has 0 bridgehead atoms. The van der Waals surface area contributed by atoms with Gasteiger partial charge in [0.25, 0.3) is 0 Å². The lowest BCUT2D eigenvalue weighted by Crippen LogP contribution is -2.37. The molecule has 8 nitrogen and oxygen atoms in total. The van der Waals surface area contributed by atoms with Crippen LogP contribution in [0.15, 0.2) is 36.5 Å². The summed E-state index contributed by atoms with van der Waals surface area (Å²) < 4.78 is 35.1. The minimum absolute atomic E-state index is 0.0859. The molecule has 0 aromatic rings. The number of nitrogens with zero attached hydrogens (tertiary/aromatic N) is 1. The van der Waals surface area contributed by atoms with Gasteiger partial charge in [0, 0.05) is 13.0 Å². The Labute approximate surface area is 372 Å². The van der Waals surface area contributed by atoms with Crippen LogP contribution in [-0.2, 0) is 27.9 Å². The van der Waals surface area contributed by atoms with Crippen molar-refractivity contribution in [3.05, 3.63) is 36.5 Å². The van der Waals surface area contributed by atoms with Gasteiger partial charge in [-0.15, -0.1) is 0 Å². The number of quaternary nitrogens is 1. The number of phosphoric ester groups is 1. The third-order valence-corrected chi connectivity index (χ3v) is 12.0. The Hall–Kier alpha value is -1.28. The zero-order valence-corrected chi connectivity index (χ0v) is 41.1. The van der Waals surface area contributed by atoms with E-state index in [0.29, 0.717) is 24.1 Å². The summed E-state index contributed by atoms with van der Waals surface area (Å²) in [6, 6.07) is 0. The van der Waals surface area contributed by atoms with E-state index in [9.17, 15) is 14.3 Å². The van der Waals surface area contributed by atoms with E-state index in [1.165, 1.54) is 135 Å². The van der Waals surface area contributed by atoms with Crippen molar-refractivity contribution in [2.75, 3.05) is 54.1 Å². The van der Waals surface area contributed by atoms with Crippen molar-refractivity contribution < 1.29 is 37.3 Å². The number of rotatable bonds is 47.